The normalized spacial score (nSPS) is 10.9. The fourth-order valence-corrected chi connectivity index (χ4v) is 3.03. The van der Waals surface area contributed by atoms with Crippen molar-refractivity contribution in [3.8, 4) is 0 Å². The highest BCUT2D eigenvalue weighted by Gasteiger charge is 2.05. The first-order valence-electron chi connectivity index (χ1n) is 8.49. The SMILES string of the molecule is Cc1cc2cc(CNC(=O)CCCc3ccccc3)ccc2n1C. The Balaban J connectivity index is 1.49. The molecule has 24 heavy (non-hydrogen) atoms. The zero-order valence-electron chi connectivity index (χ0n) is 14.4. The van der Waals surface area contributed by atoms with Crippen molar-refractivity contribution < 1.29 is 4.79 Å². The molecule has 0 fully saturated rings. The van der Waals surface area contributed by atoms with Gasteiger partial charge in [-0.05, 0) is 49.1 Å². The molecule has 0 bridgehead atoms. The van der Waals surface area contributed by atoms with E-state index in [0.717, 1.165) is 18.4 Å². The van der Waals surface area contributed by atoms with Gasteiger partial charge in [-0.2, -0.15) is 0 Å². The van der Waals surface area contributed by atoms with Crippen LogP contribution in [0.2, 0.25) is 0 Å². The number of hydrogen-bond donors (Lipinski definition) is 1. The summed E-state index contributed by atoms with van der Waals surface area (Å²) in [6.45, 7) is 2.70. The summed E-state index contributed by atoms with van der Waals surface area (Å²) in [6, 6.07) is 18.9. The van der Waals surface area contributed by atoms with Gasteiger partial charge in [-0.1, -0.05) is 36.4 Å². The summed E-state index contributed by atoms with van der Waals surface area (Å²) in [5, 5.41) is 4.25. The van der Waals surface area contributed by atoms with Crippen LogP contribution in [0.15, 0.2) is 54.6 Å². The van der Waals surface area contributed by atoms with Crippen LogP contribution in [-0.4, -0.2) is 10.5 Å². The van der Waals surface area contributed by atoms with Crippen LogP contribution >= 0.6 is 0 Å². The Labute approximate surface area is 143 Å². The van der Waals surface area contributed by atoms with Gasteiger partial charge in [0.25, 0.3) is 0 Å². The quantitative estimate of drug-likeness (QED) is 0.728. The van der Waals surface area contributed by atoms with Crippen LogP contribution < -0.4 is 5.32 Å². The van der Waals surface area contributed by atoms with Gasteiger partial charge in [0.1, 0.15) is 0 Å². The Hall–Kier alpha value is -2.55. The number of rotatable bonds is 6. The molecule has 3 heteroatoms. The maximum Gasteiger partial charge on any atom is 0.220 e. The molecule has 1 amide bonds. The van der Waals surface area contributed by atoms with Crippen LogP contribution in [0.25, 0.3) is 10.9 Å². The van der Waals surface area contributed by atoms with E-state index in [1.165, 1.54) is 22.2 Å². The van der Waals surface area contributed by atoms with Crippen molar-refractivity contribution >= 4 is 16.8 Å². The van der Waals surface area contributed by atoms with Gasteiger partial charge in [0.05, 0.1) is 0 Å². The highest BCUT2D eigenvalue weighted by molar-refractivity contribution is 5.82. The van der Waals surface area contributed by atoms with Crippen LogP contribution in [-0.2, 0) is 24.8 Å². The second kappa shape index (κ2) is 7.35. The molecule has 0 aliphatic carbocycles. The predicted octanol–water partition coefficient (Wildman–Crippen LogP) is 4.13. The van der Waals surface area contributed by atoms with Gasteiger partial charge in [0.15, 0.2) is 0 Å². The summed E-state index contributed by atoms with van der Waals surface area (Å²) >= 11 is 0. The third-order valence-electron chi connectivity index (χ3n) is 4.55. The van der Waals surface area contributed by atoms with Gasteiger partial charge in [-0.3, -0.25) is 4.79 Å². The Morgan fingerprint density at radius 3 is 2.62 bits per heavy atom. The van der Waals surface area contributed by atoms with E-state index in [1.54, 1.807) is 0 Å². The van der Waals surface area contributed by atoms with E-state index in [1.807, 2.05) is 18.2 Å². The Kier molecular flexibility index (Phi) is 4.99. The second-order valence-corrected chi connectivity index (χ2v) is 6.35. The van der Waals surface area contributed by atoms with Gasteiger partial charge in [0, 0.05) is 36.6 Å². The first-order chi connectivity index (χ1) is 11.6. The van der Waals surface area contributed by atoms with Gasteiger partial charge < -0.3 is 9.88 Å². The van der Waals surface area contributed by atoms with Crippen molar-refractivity contribution in [2.45, 2.75) is 32.7 Å². The number of nitrogens with one attached hydrogen (secondary N) is 1. The van der Waals surface area contributed by atoms with Crippen molar-refractivity contribution in [3.05, 3.63) is 71.4 Å². The highest BCUT2D eigenvalue weighted by Crippen LogP contribution is 2.19. The Bertz CT molecular complexity index is 834. The maximum absolute atomic E-state index is 12.0. The first kappa shape index (κ1) is 16.3. The van der Waals surface area contributed by atoms with Crippen LogP contribution in [0.4, 0.5) is 0 Å². The van der Waals surface area contributed by atoms with E-state index < -0.39 is 0 Å². The van der Waals surface area contributed by atoms with Crippen molar-refractivity contribution in [1.82, 2.24) is 9.88 Å². The monoisotopic (exact) mass is 320 g/mol. The molecular weight excluding hydrogens is 296 g/mol. The van der Waals surface area contributed by atoms with E-state index in [-0.39, 0.29) is 5.91 Å². The van der Waals surface area contributed by atoms with E-state index in [4.69, 9.17) is 0 Å². The van der Waals surface area contributed by atoms with Gasteiger partial charge >= 0.3 is 0 Å². The molecule has 1 N–H and O–H groups in total. The molecule has 2 aromatic carbocycles. The zero-order valence-corrected chi connectivity index (χ0v) is 14.4. The van der Waals surface area contributed by atoms with Crippen molar-refractivity contribution in [3.63, 3.8) is 0 Å². The predicted molar refractivity (Wildman–Crippen MR) is 98.9 cm³/mol. The van der Waals surface area contributed by atoms with E-state index in [9.17, 15) is 4.79 Å². The summed E-state index contributed by atoms with van der Waals surface area (Å²) in [6.07, 6.45) is 2.40. The van der Waals surface area contributed by atoms with Gasteiger partial charge in [-0.15, -0.1) is 0 Å². The van der Waals surface area contributed by atoms with E-state index in [2.05, 4.69) is 60.3 Å². The molecule has 1 aromatic heterocycles. The summed E-state index contributed by atoms with van der Waals surface area (Å²) in [7, 11) is 2.08. The summed E-state index contributed by atoms with van der Waals surface area (Å²) in [4.78, 5) is 12.0. The van der Waals surface area contributed by atoms with Crippen LogP contribution in [0, 0.1) is 6.92 Å². The number of carbonyl (C=O) groups is 1. The fraction of sp³-hybridized carbons (Fsp3) is 0.286. The zero-order chi connectivity index (χ0) is 16.9. The fourth-order valence-electron chi connectivity index (χ4n) is 3.03. The lowest BCUT2D eigenvalue weighted by Gasteiger charge is -2.06. The smallest absolute Gasteiger partial charge is 0.220 e. The molecule has 0 radical (unpaired) electrons. The Morgan fingerprint density at radius 1 is 1.04 bits per heavy atom. The molecule has 0 aliphatic heterocycles. The van der Waals surface area contributed by atoms with Crippen LogP contribution in [0.1, 0.15) is 29.7 Å². The van der Waals surface area contributed by atoms with Crippen LogP contribution in [0.3, 0.4) is 0 Å². The minimum absolute atomic E-state index is 0.121. The molecule has 3 aromatic rings. The van der Waals surface area contributed by atoms with E-state index in [0.29, 0.717) is 13.0 Å². The number of aryl methyl sites for hydroxylation is 3. The van der Waals surface area contributed by atoms with Crippen molar-refractivity contribution in [2.24, 2.45) is 7.05 Å². The molecule has 0 spiro atoms. The maximum atomic E-state index is 12.0. The number of benzene rings is 2. The molecule has 0 atom stereocenters. The lowest BCUT2D eigenvalue weighted by Crippen LogP contribution is -2.22. The minimum atomic E-state index is 0.121. The molecule has 3 nitrogen and oxygen atoms in total. The number of fused-ring (bicyclic) bond motifs is 1. The molecule has 0 saturated heterocycles. The highest BCUT2D eigenvalue weighted by atomic mass is 16.1. The molecule has 0 unspecified atom stereocenters. The molecule has 0 aliphatic rings. The summed E-state index contributed by atoms with van der Waals surface area (Å²) < 4.78 is 2.18. The topological polar surface area (TPSA) is 34.0 Å². The summed E-state index contributed by atoms with van der Waals surface area (Å²) in [5.41, 5.74) is 4.90. The lowest BCUT2D eigenvalue weighted by molar-refractivity contribution is -0.121. The number of hydrogen-bond acceptors (Lipinski definition) is 1. The van der Waals surface area contributed by atoms with Crippen LogP contribution in [0.5, 0.6) is 0 Å². The lowest BCUT2D eigenvalue weighted by atomic mass is 10.1. The molecule has 1 heterocycles. The standard InChI is InChI=1S/C21H24N2O/c1-16-13-19-14-18(11-12-20(19)23(16)2)15-22-21(24)10-6-9-17-7-4-3-5-8-17/h3-5,7-8,11-14H,6,9-10,15H2,1-2H3,(H,22,24). The summed E-state index contributed by atoms with van der Waals surface area (Å²) in [5.74, 6) is 0.121. The minimum Gasteiger partial charge on any atom is -0.352 e. The third kappa shape index (κ3) is 3.85. The van der Waals surface area contributed by atoms with Gasteiger partial charge in [-0.25, -0.2) is 0 Å². The average molecular weight is 320 g/mol. The third-order valence-corrected chi connectivity index (χ3v) is 4.55. The number of carbonyl (C=O) groups excluding carboxylic acids is 1. The average Bonchev–Trinajstić information content (AvgIpc) is 2.88. The number of amides is 1. The molecule has 0 saturated carbocycles. The largest absolute Gasteiger partial charge is 0.352 e. The van der Waals surface area contributed by atoms with Crippen molar-refractivity contribution in [2.75, 3.05) is 0 Å². The molecular formula is C21H24N2O. The van der Waals surface area contributed by atoms with E-state index >= 15 is 0 Å². The first-order valence-corrected chi connectivity index (χ1v) is 8.49. The Morgan fingerprint density at radius 2 is 1.83 bits per heavy atom. The second-order valence-electron chi connectivity index (χ2n) is 6.35. The van der Waals surface area contributed by atoms with Crippen molar-refractivity contribution in [1.29, 1.82) is 0 Å². The molecule has 3 rings (SSSR count). The number of nitrogens with zero attached hydrogens (tertiary/aromatic N) is 1. The molecule has 124 valence electrons. The van der Waals surface area contributed by atoms with Gasteiger partial charge in [0.2, 0.25) is 5.91 Å². The number of aromatic nitrogens is 1.